The van der Waals surface area contributed by atoms with Crippen molar-refractivity contribution >= 4 is 18.0 Å². The van der Waals surface area contributed by atoms with E-state index in [1.807, 2.05) is 19.2 Å². The second kappa shape index (κ2) is 6.05. The van der Waals surface area contributed by atoms with E-state index in [1.54, 1.807) is 0 Å². The Morgan fingerprint density at radius 2 is 2.15 bits per heavy atom. The van der Waals surface area contributed by atoms with Crippen molar-refractivity contribution in [3.8, 4) is 0 Å². The molecule has 6 heteroatoms. The molecule has 0 aromatic heterocycles. The highest BCUT2D eigenvalue weighted by molar-refractivity contribution is 6.27. The van der Waals surface area contributed by atoms with Crippen LogP contribution in [0.3, 0.4) is 0 Å². The summed E-state index contributed by atoms with van der Waals surface area (Å²) in [5.74, 6) is -1.20. The van der Waals surface area contributed by atoms with E-state index in [4.69, 9.17) is 5.53 Å². The predicted molar refractivity (Wildman–Crippen MR) is 46.0 cm³/mol. The molecule has 0 aliphatic carbocycles. The van der Waals surface area contributed by atoms with Crippen LogP contribution in [0.1, 0.15) is 13.8 Å². The Kier molecular flexibility index (Phi) is 5.34. The molecule has 72 valence electrons. The molecular weight excluding hydrogens is 172 g/mol. The predicted octanol–water partition coefficient (Wildman–Crippen LogP) is -1.07. The highest BCUT2D eigenvalue weighted by atomic mass is 16.2. The van der Waals surface area contributed by atoms with Crippen LogP contribution >= 0.6 is 0 Å². The van der Waals surface area contributed by atoms with Gasteiger partial charge < -0.3 is 10.8 Å². The summed E-state index contributed by atoms with van der Waals surface area (Å²) in [6.07, 6.45) is 0.618. The zero-order chi connectivity index (χ0) is 10.3. The number of nitrogens with zero attached hydrogens (tertiary/aromatic N) is 2. The second-order valence-electron chi connectivity index (χ2n) is 2.69. The number of nitrogens with one attached hydrogen (secondary N) is 2. The minimum atomic E-state index is -0.738. The molecule has 0 unspecified atom stereocenters. The monoisotopic (exact) mass is 184 g/mol. The lowest BCUT2D eigenvalue weighted by atomic mass is 10.4. The van der Waals surface area contributed by atoms with Gasteiger partial charge in [0.25, 0.3) is 0 Å². The molecule has 0 aromatic rings. The van der Waals surface area contributed by atoms with Crippen LogP contribution in [0.5, 0.6) is 0 Å². The van der Waals surface area contributed by atoms with Crippen molar-refractivity contribution in [3.05, 3.63) is 5.53 Å². The molecule has 0 heterocycles. The molecule has 2 N–H and O–H groups in total. The number of carbonyl (C=O) groups excluding carboxylic acids is 2. The van der Waals surface area contributed by atoms with Crippen LogP contribution in [-0.2, 0) is 9.59 Å². The molecule has 0 rings (SSSR count). The zero-order valence-electron chi connectivity index (χ0n) is 7.57. The average molecular weight is 184 g/mol. The highest BCUT2D eigenvalue weighted by Crippen LogP contribution is 1.74. The van der Waals surface area contributed by atoms with Crippen molar-refractivity contribution in [2.75, 3.05) is 6.54 Å². The van der Waals surface area contributed by atoms with Crippen LogP contribution in [0.4, 0.5) is 0 Å². The smallest absolute Gasteiger partial charge is 0.345 e. The lowest BCUT2D eigenvalue weighted by Crippen LogP contribution is -2.40. The molecule has 0 atom stereocenters. The van der Waals surface area contributed by atoms with Gasteiger partial charge in [-0.2, -0.15) is 4.79 Å². The number of carbonyl (C=O) groups is 2. The van der Waals surface area contributed by atoms with Crippen LogP contribution in [0.25, 0.3) is 5.53 Å². The number of hydrogen-bond donors (Lipinski definition) is 2. The van der Waals surface area contributed by atoms with E-state index in [0.717, 1.165) is 0 Å². The van der Waals surface area contributed by atoms with Gasteiger partial charge in [-0.1, -0.05) is 13.8 Å². The fourth-order valence-corrected chi connectivity index (χ4v) is 0.563. The van der Waals surface area contributed by atoms with Gasteiger partial charge in [0.1, 0.15) is 0 Å². The standard InChI is InChI=1S/C7H12N4O2/c1-5(2)9-3-6(12)11-7(13)4-10-8/h4-5,9H,3H2,1-2H3,(H,11,12,13). The van der Waals surface area contributed by atoms with Crippen molar-refractivity contribution in [3.63, 3.8) is 0 Å². The molecule has 0 fully saturated rings. The molecule has 0 spiro atoms. The van der Waals surface area contributed by atoms with Crippen LogP contribution in [0.15, 0.2) is 0 Å². The van der Waals surface area contributed by atoms with Crippen molar-refractivity contribution in [2.45, 2.75) is 19.9 Å². The Bertz CT molecular complexity index is 243. The third-order valence-electron chi connectivity index (χ3n) is 1.11. The molecule has 13 heavy (non-hydrogen) atoms. The summed E-state index contributed by atoms with van der Waals surface area (Å²) in [5.41, 5.74) is 7.95. The summed E-state index contributed by atoms with van der Waals surface area (Å²) < 4.78 is 0. The van der Waals surface area contributed by atoms with Gasteiger partial charge in [-0.05, 0) is 0 Å². The van der Waals surface area contributed by atoms with Gasteiger partial charge in [-0.3, -0.25) is 14.9 Å². The summed E-state index contributed by atoms with van der Waals surface area (Å²) in [5, 5.41) is 4.81. The van der Waals surface area contributed by atoms with Crippen molar-refractivity contribution in [2.24, 2.45) is 0 Å². The molecule has 0 aliphatic rings. The van der Waals surface area contributed by atoms with E-state index >= 15 is 0 Å². The van der Waals surface area contributed by atoms with Crippen molar-refractivity contribution in [1.82, 2.24) is 10.6 Å². The van der Waals surface area contributed by atoms with E-state index in [-0.39, 0.29) is 12.6 Å². The molecule has 0 radical (unpaired) electrons. The summed E-state index contributed by atoms with van der Waals surface area (Å²) in [4.78, 5) is 24.0. The van der Waals surface area contributed by atoms with Gasteiger partial charge in [-0.15, -0.1) is 0 Å². The van der Waals surface area contributed by atoms with E-state index in [9.17, 15) is 9.59 Å². The van der Waals surface area contributed by atoms with E-state index < -0.39 is 11.8 Å². The first-order chi connectivity index (χ1) is 6.06. The summed E-state index contributed by atoms with van der Waals surface area (Å²) in [6.45, 7) is 3.82. The quantitative estimate of drug-likeness (QED) is 0.331. The topological polar surface area (TPSA) is 94.6 Å². The molecule has 0 saturated carbocycles. The van der Waals surface area contributed by atoms with Gasteiger partial charge in [0.15, 0.2) is 0 Å². The summed E-state index contributed by atoms with van der Waals surface area (Å²) >= 11 is 0. The van der Waals surface area contributed by atoms with E-state index in [1.165, 1.54) is 0 Å². The zero-order valence-corrected chi connectivity index (χ0v) is 7.57. The molecule has 0 saturated heterocycles. The van der Waals surface area contributed by atoms with Crippen LogP contribution in [-0.4, -0.2) is 35.4 Å². The largest absolute Gasteiger partial charge is 0.361 e. The highest BCUT2D eigenvalue weighted by Gasteiger charge is 2.07. The molecular formula is C7H12N4O2. The third kappa shape index (κ3) is 6.86. The maximum Gasteiger partial charge on any atom is 0.345 e. The van der Waals surface area contributed by atoms with Crippen LogP contribution in [0, 0.1) is 0 Å². The Hall–Kier alpha value is -1.52. The molecule has 2 amide bonds. The number of amides is 2. The normalized spacial score (nSPS) is 9.15. The Morgan fingerprint density at radius 3 is 2.62 bits per heavy atom. The molecule has 0 aromatic carbocycles. The van der Waals surface area contributed by atoms with Crippen LogP contribution < -0.4 is 10.6 Å². The maximum absolute atomic E-state index is 10.9. The number of hydrogen-bond acceptors (Lipinski definition) is 3. The van der Waals surface area contributed by atoms with Crippen molar-refractivity contribution in [1.29, 1.82) is 0 Å². The Labute approximate surface area is 75.9 Å². The average Bonchev–Trinajstić information content (AvgIpc) is 2.01. The first-order valence-corrected chi connectivity index (χ1v) is 3.81. The van der Waals surface area contributed by atoms with Gasteiger partial charge in [-0.25, -0.2) is 0 Å². The van der Waals surface area contributed by atoms with E-state index in [2.05, 4.69) is 10.1 Å². The number of imide groups is 1. The van der Waals surface area contributed by atoms with Gasteiger partial charge >= 0.3 is 12.1 Å². The molecule has 0 aliphatic heterocycles. The summed E-state index contributed by atoms with van der Waals surface area (Å²) in [7, 11) is 0. The lowest BCUT2D eigenvalue weighted by Gasteiger charge is -2.05. The summed E-state index contributed by atoms with van der Waals surface area (Å²) in [6, 6.07) is 0.173. The van der Waals surface area contributed by atoms with Crippen LogP contribution in [0.2, 0.25) is 0 Å². The Balaban J connectivity index is 3.74. The molecule has 0 bridgehead atoms. The van der Waals surface area contributed by atoms with Gasteiger partial charge in [0.2, 0.25) is 5.91 Å². The molecule has 6 nitrogen and oxygen atoms in total. The SMILES string of the molecule is CC(C)NCC(=O)NC(=O)C=[N+]=[N-]. The van der Waals surface area contributed by atoms with Gasteiger partial charge in [0.05, 0.1) is 6.54 Å². The lowest BCUT2D eigenvalue weighted by molar-refractivity contribution is -0.128. The fraction of sp³-hybridized carbons (Fsp3) is 0.571. The van der Waals surface area contributed by atoms with Gasteiger partial charge in [0, 0.05) is 6.04 Å². The first-order valence-electron chi connectivity index (χ1n) is 3.81. The maximum atomic E-state index is 10.9. The first kappa shape index (κ1) is 11.5. The minimum Gasteiger partial charge on any atom is -0.361 e. The fourth-order valence-electron chi connectivity index (χ4n) is 0.563. The third-order valence-corrected chi connectivity index (χ3v) is 1.11. The Morgan fingerprint density at radius 1 is 1.54 bits per heavy atom. The minimum absolute atomic E-state index is 0.0582. The van der Waals surface area contributed by atoms with Crippen molar-refractivity contribution < 1.29 is 14.4 Å². The number of rotatable bonds is 4. The van der Waals surface area contributed by atoms with E-state index in [0.29, 0.717) is 6.21 Å². The second-order valence-corrected chi connectivity index (χ2v) is 2.69.